The van der Waals surface area contributed by atoms with Crippen molar-refractivity contribution >= 4 is 11.7 Å². The van der Waals surface area contributed by atoms with Crippen molar-refractivity contribution in [2.45, 2.75) is 52.7 Å². The average Bonchev–Trinajstić information content (AvgIpc) is 2.44. The molecule has 0 heterocycles. The number of Topliss-reactive ketones (excluding diaryl/α,β-unsaturated/α-hetero) is 1. The number of rotatable bonds is 7. The van der Waals surface area contributed by atoms with Gasteiger partial charge in [0.15, 0.2) is 11.9 Å². The molecule has 0 saturated heterocycles. The molecule has 0 aliphatic carbocycles. The lowest BCUT2D eigenvalue weighted by Crippen LogP contribution is -2.42. The molecule has 4 heteroatoms. The maximum Gasteiger partial charge on any atom is 0.260 e. The maximum absolute atomic E-state index is 12.0. The summed E-state index contributed by atoms with van der Waals surface area (Å²) < 4.78 is 5.58. The number of amides is 1. The Morgan fingerprint density at radius 1 is 1.15 bits per heavy atom. The molecule has 0 bridgehead atoms. The highest BCUT2D eigenvalue weighted by atomic mass is 16.5. The normalized spacial score (nSPS) is 12.1. The topological polar surface area (TPSA) is 55.4 Å². The average molecular weight is 277 g/mol. The number of carbonyl (C=O) groups is 2. The molecule has 0 fully saturated rings. The Balaban J connectivity index is 2.58. The summed E-state index contributed by atoms with van der Waals surface area (Å²) >= 11 is 0. The molecule has 4 nitrogen and oxygen atoms in total. The molecule has 1 aromatic carbocycles. The number of ketones is 1. The summed E-state index contributed by atoms with van der Waals surface area (Å²) in [4.78, 5) is 23.1. The fraction of sp³-hybridized carbons (Fsp3) is 0.500. The number of carbonyl (C=O) groups excluding carboxylic acids is 2. The first-order valence-corrected chi connectivity index (χ1v) is 7.05. The van der Waals surface area contributed by atoms with Gasteiger partial charge in [-0.3, -0.25) is 9.59 Å². The minimum atomic E-state index is -0.557. The van der Waals surface area contributed by atoms with E-state index in [1.165, 1.54) is 6.92 Å². The molecule has 0 saturated carbocycles. The van der Waals surface area contributed by atoms with E-state index < -0.39 is 6.10 Å². The van der Waals surface area contributed by atoms with Gasteiger partial charge >= 0.3 is 0 Å². The van der Waals surface area contributed by atoms with Crippen molar-refractivity contribution in [2.24, 2.45) is 0 Å². The van der Waals surface area contributed by atoms with Gasteiger partial charge in [-0.25, -0.2) is 0 Å². The Labute approximate surface area is 120 Å². The summed E-state index contributed by atoms with van der Waals surface area (Å²) in [6.45, 7) is 7.32. The Morgan fingerprint density at radius 3 is 2.15 bits per heavy atom. The van der Waals surface area contributed by atoms with Gasteiger partial charge in [0.25, 0.3) is 5.91 Å². The summed E-state index contributed by atoms with van der Waals surface area (Å²) in [6.07, 6.45) is 1.25. The molecular formula is C16H23NO3. The summed E-state index contributed by atoms with van der Waals surface area (Å²) in [5.41, 5.74) is 0.631. The van der Waals surface area contributed by atoms with Gasteiger partial charge in [0.2, 0.25) is 0 Å². The molecule has 1 N–H and O–H groups in total. The smallest absolute Gasteiger partial charge is 0.260 e. The first kappa shape index (κ1) is 16.2. The van der Waals surface area contributed by atoms with E-state index in [1.54, 1.807) is 31.2 Å². The zero-order valence-corrected chi connectivity index (χ0v) is 12.6. The van der Waals surface area contributed by atoms with E-state index in [2.05, 4.69) is 5.32 Å². The molecule has 0 radical (unpaired) electrons. The van der Waals surface area contributed by atoms with E-state index >= 15 is 0 Å². The standard InChI is InChI=1S/C16H23NO3/c1-5-14(6-2)17-16(19)12(4)20-15-9-7-13(8-10-15)11(3)18/h7-10,12,14H,5-6H2,1-4H3,(H,17,19). The lowest BCUT2D eigenvalue weighted by molar-refractivity contribution is -0.128. The monoisotopic (exact) mass is 277 g/mol. The fourth-order valence-corrected chi connectivity index (χ4v) is 1.84. The van der Waals surface area contributed by atoms with Gasteiger partial charge in [-0.2, -0.15) is 0 Å². The van der Waals surface area contributed by atoms with Crippen LogP contribution in [0.25, 0.3) is 0 Å². The number of hydrogen-bond donors (Lipinski definition) is 1. The van der Waals surface area contributed by atoms with Crippen molar-refractivity contribution < 1.29 is 14.3 Å². The number of nitrogens with one attached hydrogen (secondary N) is 1. The van der Waals surface area contributed by atoms with Crippen molar-refractivity contribution in [2.75, 3.05) is 0 Å². The van der Waals surface area contributed by atoms with Crippen LogP contribution in [0.15, 0.2) is 24.3 Å². The van der Waals surface area contributed by atoms with Gasteiger partial charge in [0, 0.05) is 11.6 Å². The molecule has 0 spiro atoms. The highest BCUT2D eigenvalue weighted by Gasteiger charge is 2.17. The second-order valence-corrected chi connectivity index (χ2v) is 4.86. The third-order valence-electron chi connectivity index (χ3n) is 3.27. The van der Waals surface area contributed by atoms with E-state index in [0.717, 1.165) is 12.8 Å². The fourth-order valence-electron chi connectivity index (χ4n) is 1.84. The number of hydrogen-bond acceptors (Lipinski definition) is 3. The molecule has 1 aromatic rings. The minimum Gasteiger partial charge on any atom is -0.481 e. The van der Waals surface area contributed by atoms with Crippen molar-refractivity contribution in [1.29, 1.82) is 0 Å². The van der Waals surface area contributed by atoms with Gasteiger partial charge in [0.05, 0.1) is 0 Å². The number of benzene rings is 1. The van der Waals surface area contributed by atoms with E-state index in [-0.39, 0.29) is 17.7 Å². The third-order valence-corrected chi connectivity index (χ3v) is 3.27. The molecular weight excluding hydrogens is 254 g/mol. The van der Waals surface area contributed by atoms with Crippen LogP contribution in [0.1, 0.15) is 50.9 Å². The zero-order valence-electron chi connectivity index (χ0n) is 12.6. The Bertz CT molecular complexity index is 449. The van der Waals surface area contributed by atoms with Crippen LogP contribution in [0.5, 0.6) is 5.75 Å². The van der Waals surface area contributed by atoms with E-state index in [0.29, 0.717) is 11.3 Å². The van der Waals surface area contributed by atoms with Crippen molar-refractivity contribution in [3.63, 3.8) is 0 Å². The van der Waals surface area contributed by atoms with Crippen LogP contribution < -0.4 is 10.1 Å². The summed E-state index contributed by atoms with van der Waals surface area (Å²) in [5, 5.41) is 2.95. The van der Waals surface area contributed by atoms with Crippen LogP contribution >= 0.6 is 0 Å². The lowest BCUT2D eigenvalue weighted by atomic mass is 10.1. The number of ether oxygens (including phenoxy) is 1. The molecule has 1 amide bonds. The van der Waals surface area contributed by atoms with Gasteiger partial charge in [-0.1, -0.05) is 13.8 Å². The van der Waals surface area contributed by atoms with Gasteiger partial charge < -0.3 is 10.1 Å². The first-order chi connectivity index (χ1) is 9.47. The lowest BCUT2D eigenvalue weighted by Gasteiger charge is -2.19. The Morgan fingerprint density at radius 2 is 1.70 bits per heavy atom. The molecule has 1 unspecified atom stereocenters. The second kappa shape index (κ2) is 7.68. The van der Waals surface area contributed by atoms with E-state index in [4.69, 9.17) is 4.74 Å². The van der Waals surface area contributed by atoms with Crippen molar-refractivity contribution in [1.82, 2.24) is 5.32 Å². The molecule has 0 aliphatic heterocycles. The van der Waals surface area contributed by atoms with Gasteiger partial charge in [0.1, 0.15) is 5.75 Å². The molecule has 0 aliphatic rings. The van der Waals surface area contributed by atoms with Crippen LogP contribution in [0.3, 0.4) is 0 Å². The second-order valence-electron chi connectivity index (χ2n) is 4.86. The predicted molar refractivity (Wildman–Crippen MR) is 79.0 cm³/mol. The summed E-state index contributed by atoms with van der Waals surface area (Å²) in [7, 11) is 0. The maximum atomic E-state index is 12.0. The van der Waals surface area contributed by atoms with Gasteiger partial charge in [-0.05, 0) is 51.0 Å². The molecule has 1 rings (SSSR count). The Hall–Kier alpha value is -1.84. The van der Waals surface area contributed by atoms with Crippen molar-refractivity contribution in [3.05, 3.63) is 29.8 Å². The van der Waals surface area contributed by atoms with E-state index in [9.17, 15) is 9.59 Å². The van der Waals surface area contributed by atoms with Crippen molar-refractivity contribution in [3.8, 4) is 5.75 Å². The van der Waals surface area contributed by atoms with Crippen LogP contribution in [0.2, 0.25) is 0 Å². The predicted octanol–water partition coefficient (Wildman–Crippen LogP) is 2.96. The SMILES string of the molecule is CCC(CC)NC(=O)C(C)Oc1ccc(C(C)=O)cc1. The summed E-state index contributed by atoms with van der Waals surface area (Å²) in [5.74, 6) is 0.479. The Kier molecular flexibility index (Phi) is 6.22. The highest BCUT2D eigenvalue weighted by Crippen LogP contribution is 2.14. The molecule has 20 heavy (non-hydrogen) atoms. The molecule has 110 valence electrons. The van der Waals surface area contributed by atoms with Crippen LogP contribution in [0.4, 0.5) is 0 Å². The molecule has 1 atom stereocenters. The first-order valence-electron chi connectivity index (χ1n) is 7.05. The zero-order chi connectivity index (χ0) is 15.1. The van der Waals surface area contributed by atoms with Crippen LogP contribution in [-0.2, 0) is 4.79 Å². The van der Waals surface area contributed by atoms with E-state index in [1.807, 2.05) is 13.8 Å². The van der Waals surface area contributed by atoms with Crippen LogP contribution in [0, 0.1) is 0 Å². The highest BCUT2D eigenvalue weighted by molar-refractivity contribution is 5.94. The third kappa shape index (κ3) is 4.68. The minimum absolute atomic E-state index is 0.0103. The van der Waals surface area contributed by atoms with Gasteiger partial charge in [-0.15, -0.1) is 0 Å². The largest absolute Gasteiger partial charge is 0.481 e. The van der Waals surface area contributed by atoms with Crippen LogP contribution in [-0.4, -0.2) is 23.8 Å². The quantitative estimate of drug-likeness (QED) is 0.780. The molecule has 0 aromatic heterocycles. The summed E-state index contributed by atoms with van der Waals surface area (Å²) in [6, 6.07) is 7.00.